The van der Waals surface area contributed by atoms with Crippen LogP contribution in [0.1, 0.15) is 33.6 Å². The number of hydrogen-bond acceptors (Lipinski definition) is 10. The molecule has 0 saturated heterocycles. The van der Waals surface area contributed by atoms with Crippen molar-refractivity contribution in [1.82, 2.24) is 49.5 Å². The minimum atomic E-state index is -5.10. The summed E-state index contributed by atoms with van der Waals surface area (Å²) < 4.78 is 185. The molecule has 0 saturated carbocycles. The fourth-order valence-corrected chi connectivity index (χ4v) is 7.50. The third-order valence-electron chi connectivity index (χ3n) is 11.1. The van der Waals surface area contributed by atoms with Crippen LogP contribution in [0, 0.1) is 11.6 Å². The SMILES string of the molecule is Fc1ccccc1-c1nc2ccn(Cc3ccc(-c4ccc(C(F)(F)F)cc4C(F)(F)F)nn3)cc-2n1.Fc1ccccc1-c1nc2ccn(Cc3ccc(Cl)nn3)cc-2n1.OB(O)c1ccc(C(F)(F)F)cc1C(F)(F)F. The number of alkyl halides is 12. The first-order chi connectivity index (χ1) is 36.7. The first-order valence-corrected chi connectivity index (χ1v) is 22.5. The third-order valence-corrected chi connectivity index (χ3v) is 11.3. The van der Waals surface area contributed by atoms with Crippen LogP contribution in [0.4, 0.5) is 61.5 Å². The summed E-state index contributed by atoms with van der Waals surface area (Å²) in [6, 6.07) is 24.2. The largest absolute Gasteiger partial charge is 0.489 e. The number of benzene rings is 4. The summed E-state index contributed by atoms with van der Waals surface area (Å²) in [6.07, 6.45) is -12.9. The maximum absolute atomic E-state index is 14.1. The van der Waals surface area contributed by atoms with Crippen molar-refractivity contribution in [3.05, 3.63) is 197 Å². The molecule has 0 unspecified atom stereocenters. The molecule has 28 heteroatoms. The molecule has 12 nitrogen and oxygen atoms in total. The molecule has 4 aliphatic rings. The summed E-state index contributed by atoms with van der Waals surface area (Å²) in [4.78, 5) is 17.5. The van der Waals surface area contributed by atoms with E-state index >= 15 is 0 Å². The van der Waals surface area contributed by atoms with Gasteiger partial charge in [0.1, 0.15) is 23.0 Å². The van der Waals surface area contributed by atoms with Crippen LogP contribution in [-0.4, -0.2) is 66.6 Å². The Hall–Kier alpha value is -8.43. The molecular weight excluding hydrogens is 1080 g/mol. The van der Waals surface area contributed by atoms with Gasteiger partial charge in [0.15, 0.2) is 16.8 Å². The van der Waals surface area contributed by atoms with Crippen molar-refractivity contribution >= 4 is 24.2 Å². The van der Waals surface area contributed by atoms with E-state index in [0.29, 0.717) is 69.8 Å². The van der Waals surface area contributed by atoms with Crippen molar-refractivity contribution in [3.63, 3.8) is 0 Å². The monoisotopic (exact) mass is 1110 g/mol. The Kier molecular flexibility index (Phi) is 15.9. The van der Waals surface area contributed by atoms with Gasteiger partial charge in [0.25, 0.3) is 0 Å². The molecule has 6 heterocycles. The zero-order valence-corrected chi connectivity index (χ0v) is 39.6. The second kappa shape index (κ2) is 22.3. The van der Waals surface area contributed by atoms with Gasteiger partial charge in [-0.1, -0.05) is 54.1 Å². The highest BCUT2D eigenvalue weighted by Gasteiger charge is 2.41. The van der Waals surface area contributed by atoms with E-state index in [-0.39, 0.29) is 41.6 Å². The minimum Gasteiger partial charge on any atom is -0.423 e. The Morgan fingerprint density at radius 3 is 1.31 bits per heavy atom. The van der Waals surface area contributed by atoms with Gasteiger partial charge in [-0.05, 0) is 84.3 Å². The lowest BCUT2D eigenvalue weighted by Crippen LogP contribution is -2.36. The van der Waals surface area contributed by atoms with Crippen LogP contribution in [0.5, 0.6) is 0 Å². The first kappa shape index (κ1) is 55.8. The van der Waals surface area contributed by atoms with Crippen LogP contribution in [-0.2, 0) is 37.8 Å². The van der Waals surface area contributed by atoms with E-state index < -0.39 is 70.9 Å². The van der Waals surface area contributed by atoms with Crippen molar-refractivity contribution < 1.29 is 71.5 Å². The first-order valence-electron chi connectivity index (χ1n) is 22.1. The van der Waals surface area contributed by atoms with E-state index in [1.807, 2.05) is 29.1 Å². The zero-order chi connectivity index (χ0) is 56.3. The molecule has 0 fully saturated rings. The average Bonchev–Trinajstić information content (AvgIpc) is 4.11. The lowest BCUT2D eigenvalue weighted by Gasteiger charge is -2.15. The molecular formula is C50H30BClF14N10O2. The van der Waals surface area contributed by atoms with Gasteiger partial charge in [-0.3, -0.25) is 0 Å². The molecule has 78 heavy (non-hydrogen) atoms. The number of nitrogens with zero attached hydrogens (tertiary/aromatic N) is 10. The van der Waals surface area contributed by atoms with Gasteiger partial charge in [0.2, 0.25) is 0 Å². The molecule has 4 aromatic carbocycles. The Bertz CT molecular complexity index is 3630. The van der Waals surface area contributed by atoms with Crippen LogP contribution in [0.15, 0.2) is 146 Å². The molecule has 4 aliphatic heterocycles. The molecule has 6 aromatic rings. The Balaban J connectivity index is 0.000000168. The van der Waals surface area contributed by atoms with Crippen LogP contribution in [0.25, 0.3) is 56.8 Å². The van der Waals surface area contributed by atoms with Gasteiger partial charge in [-0.15, -0.1) is 5.10 Å². The number of aromatic nitrogens is 10. The van der Waals surface area contributed by atoms with Gasteiger partial charge < -0.3 is 19.2 Å². The predicted octanol–water partition coefficient (Wildman–Crippen LogP) is 11.8. The van der Waals surface area contributed by atoms with Crippen LogP contribution in [0.3, 0.4) is 0 Å². The van der Waals surface area contributed by atoms with Crippen molar-refractivity contribution in [2.24, 2.45) is 0 Å². The fraction of sp³-hybridized carbons (Fsp3) is 0.120. The van der Waals surface area contributed by atoms with Crippen LogP contribution >= 0.6 is 11.6 Å². The van der Waals surface area contributed by atoms with E-state index in [2.05, 4.69) is 40.3 Å². The molecule has 10 rings (SSSR count). The lowest BCUT2D eigenvalue weighted by molar-refractivity contribution is -0.144. The Morgan fingerprint density at radius 2 is 0.885 bits per heavy atom. The quantitative estimate of drug-likeness (QED) is 0.111. The predicted molar refractivity (Wildman–Crippen MR) is 253 cm³/mol. The molecule has 0 aliphatic carbocycles. The number of fused-ring (bicyclic) bond motifs is 2. The maximum Gasteiger partial charge on any atom is 0.489 e. The molecule has 0 atom stereocenters. The van der Waals surface area contributed by atoms with Crippen molar-refractivity contribution in [1.29, 1.82) is 0 Å². The van der Waals surface area contributed by atoms with Gasteiger partial charge in [0, 0.05) is 30.4 Å². The topological polar surface area (TPSA) is 153 Å². The van der Waals surface area contributed by atoms with E-state index in [0.717, 1.165) is 11.8 Å². The second-order valence-electron chi connectivity index (χ2n) is 16.5. The Labute approximate surface area is 435 Å². The lowest BCUT2D eigenvalue weighted by atomic mass is 9.76. The van der Waals surface area contributed by atoms with Gasteiger partial charge in [-0.25, -0.2) is 28.7 Å². The van der Waals surface area contributed by atoms with Crippen molar-refractivity contribution in [2.45, 2.75) is 37.8 Å². The van der Waals surface area contributed by atoms with E-state index in [1.165, 1.54) is 24.3 Å². The number of hydrogen-bond donors (Lipinski definition) is 2. The summed E-state index contributed by atoms with van der Waals surface area (Å²) in [7, 11) is -2.49. The highest BCUT2D eigenvalue weighted by atomic mass is 35.5. The van der Waals surface area contributed by atoms with Crippen LogP contribution in [0.2, 0.25) is 5.15 Å². The Morgan fingerprint density at radius 1 is 0.436 bits per heavy atom. The van der Waals surface area contributed by atoms with Gasteiger partial charge in [-0.2, -0.15) is 68.0 Å². The van der Waals surface area contributed by atoms with E-state index in [9.17, 15) is 61.5 Å². The molecule has 2 N–H and O–H groups in total. The second-order valence-corrected chi connectivity index (χ2v) is 16.9. The normalized spacial score (nSPS) is 12.0. The number of halogens is 15. The molecule has 0 radical (unpaired) electrons. The van der Waals surface area contributed by atoms with E-state index in [1.54, 1.807) is 65.5 Å². The summed E-state index contributed by atoms with van der Waals surface area (Å²) in [5.41, 5.74) is -3.60. The molecule has 400 valence electrons. The average molecular weight is 1120 g/mol. The smallest absolute Gasteiger partial charge is 0.423 e. The summed E-state index contributed by atoms with van der Waals surface area (Å²) in [5, 5.41) is 33.2. The summed E-state index contributed by atoms with van der Waals surface area (Å²) in [6.45, 7) is 0.701. The van der Waals surface area contributed by atoms with Crippen molar-refractivity contribution in [3.8, 4) is 56.8 Å². The molecule has 2 aromatic heterocycles. The number of pyridine rings is 2. The highest BCUT2D eigenvalue weighted by Crippen LogP contribution is 2.41. The van der Waals surface area contributed by atoms with Crippen molar-refractivity contribution in [2.75, 3.05) is 0 Å². The highest BCUT2D eigenvalue weighted by molar-refractivity contribution is 6.59. The number of rotatable bonds is 8. The van der Waals surface area contributed by atoms with Gasteiger partial charge >= 0.3 is 31.8 Å². The molecule has 0 bridgehead atoms. The summed E-state index contributed by atoms with van der Waals surface area (Å²) in [5.74, 6) is -0.181. The standard InChI is InChI=1S/C25H14F7N5.C17H11ClFN5.C8H5BF6O2/c26-19-4-2-1-3-17(19)23-33-21-9-10-37(13-22(21)34-23)12-15-6-8-20(36-35-15)16-7-5-14(24(27,28)29)11-18(16)25(30,31)32;18-16-6-5-11(22-23-16)9-24-8-7-14-15(10-24)21-17(20-14)12-3-1-2-4-13(12)19;10-7(11,12)4-1-2-6(9(16)17)5(3-4)8(13,14)15/h1-11,13H,12H2;1-8,10H,9H2;1-3,16-17H. The molecule has 0 spiro atoms. The van der Waals surface area contributed by atoms with Gasteiger partial charge in [0.05, 0.1) is 74.9 Å². The zero-order valence-electron chi connectivity index (χ0n) is 38.9. The minimum absolute atomic E-state index is 0.0620. The van der Waals surface area contributed by atoms with E-state index in [4.69, 9.17) is 21.6 Å². The van der Waals surface area contributed by atoms with Crippen LogP contribution < -0.4 is 5.46 Å². The fourth-order valence-electron chi connectivity index (χ4n) is 7.40. The summed E-state index contributed by atoms with van der Waals surface area (Å²) >= 11 is 5.74. The number of imidazole rings is 2. The maximum atomic E-state index is 14.1. The third kappa shape index (κ3) is 13.4. The molecule has 0 amide bonds.